The molecule has 3 heterocycles. The molecule has 6 nitrogen and oxygen atoms in total. The summed E-state index contributed by atoms with van der Waals surface area (Å²) in [4.78, 5) is 25.0. The van der Waals surface area contributed by atoms with Crippen LogP contribution in [0, 0.1) is 0 Å². The Bertz CT molecular complexity index is 754. The van der Waals surface area contributed by atoms with Gasteiger partial charge in [0.15, 0.2) is 0 Å². The minimum atomic E-state index is -0.0318. The highest BCUT2D eigenvalue weighted by Gasteiger charge is 2.28. The van der Waals surface area contributed by atoms with Crippen molar-refractivity contribution in [3.8, 4) is 0 Å². The molecule has 2 fully saturated rings. The van der Waals surface area contributed by atoms with Gasteiger partial charge >= 0.3 is 0 Å². The van der Waals surface area contributed by atoms with Gasteiger partial charge in [-0.2, -0.15) is 0 Å². The molecule has 0 amide bonds. The predicted octanol–water partition coefficient (Wildman–Crippen LogP) is 1.39. The van der Waals surface area contributed by atoms with E-state index in [1.54, 1.807) is 0 Å². The molecule has 0 radical (unpaired) electrons. The number of para-hydroxylation sites is 1. The van der Waals surface area contributed by atoms with E-state index in [1.165, 1.54) is 0 Å². The molecule has 2 saturated heterocycles. The van der Waals surface area contributed by atoms with Gasteiger partial charge in [0.2, 0.25) is 0 Å². The van der Waals surface area contributed by atoms with Crippen molar-refractivity contribution in [2.45, 2.75) is 18.9 Å². The lowest BCUT2D eigenvalue weighted by atomic mass is 10.2. The van der Waals surface area contributed by atoms with E-state index in [0.717, 1.165) is 70.1 Å². The van der Waals surface area contributed by atoms with Gasteiger partial charge in [-0.1, -0.05) is 12.1 Å². The first kappa shape index (κ1) is 15.7. The molecule has 1 atom stereocenters. The number of hydrogen-bond donors (Lipinski definition) is 1. The Morgan fingerprint density at radius 2 is 2.00 bits per heavy atom. The molecule has 2 aliphatic rings. The van der Waals surface area contributed by atoms with Crippen molar-refractivity contribution >= 4 is 10.9 Å². The molecule has 0 bridgehead atoms. The van der Waals surface area contributed by atoms with Crippen molar-refractivity contribution in [2.24, 2.45) is 0 Å². The fourth-order valence-electron chi connectivity index (χ4n) is 3.76. The maximum Gasteiger partial charge on any atom is 0.258 e. The van der Waals surface area contributed by atoms with Crippen molar-refractivity contribution in [1.82, 2.24) is 19.8 Å². The van der Waals surface area contributed by atoms with Crippen molar-refractivity contribution in [3.05, 3.63) is 40.4 Å². The van der Waals surface area contributed by atoms with E-state index < -0.39 is 0 Å². The number of ether oxygens (including phenoxy) is 1. The molecular weight excluding hydrogens is 304 g/mol. The van der Waals surface area contributed by atoms with Crippen LogP contribution in [-0.2, 0) is 4.74 Å². The Morgan fingerprint density at radius 1 is 1.17 bits per heavy atom. The number of benzene rings is 1. The van der Waals surface area contributed by atoms with E-state index in [1.807, 2.05) is 24.3 Å². The van der Waals surface area contributed by atoms with Gasteiger partial charge in [0.1, 0.15) is 5.82 Å². The van der Waals surface area contributed by atoms with Crippen LogP contribution < -0.4 is 5.56 Å². The Hall–Kier alpha value is -1.76. The van der Waals surface area contributed by atoms with Crippen LogP contribution in [0.3, 0.4) is 0 Å². The summed E-state index contributed by atoms with van der Waals surface area (Å²) in [6.45, 7) is 6.85. The van der Waals surface area contributed by atoms with E-state index in [-0.39, 0.29) is 11.6 Å². The fraction of sp³-hybridized carbons (Fsp3) is 0.556. The molecule has 128 valence electrons. The highest BCUT2D eigenvalue weighted by atomic mass is 16.5. The first-order valence-electron chi connectivity index (χ1n) is 8.84. The largest absolute Gasteiger partial charge is 0.379 e. The van der Waals surface area contributed by atoms with Crippen LogP contribution in [0.15, 0.2) is 29.1 Å². The third-order valence-corrected chi connectivity index (χ3v) is 5.12. The number of morpholine rings is 1. The lowest BCUT2D eigenvalue weighted by Gasteiger charge is -2.30. The molecule has 1 N–H and O–H groups in total. The summed E-state index contributed by atoms with van der Waals surface area (Å²) in [5.74, 6) is 0.818. The summed E-state index contributed by atoms with van der Waals surface area (Å²) in [6, 6.07) is 7.78. The number of nitrogens with one attached hydrogen (secondary N) is 1. The van der Waals surface area contributed by atoms with Crippen molar-refractivity contribution < 1.29 is 4.74 Å². The van der Waals surface area contributed by atoms with E-state index in [2.05, 4.69) is 14.8 Å². The fourth-order valence-corrected chi connectivity index (χ4v) is 3.76. The van der Waals surface area contributed by atoms with E-state index in [0.29, 0.717) is 5.39 Å². The topological polar surface area (TPSA) is 61.5 Å². The Labute approximate surface area is 141 Å². The van der Waals surface area contributed by atoms with Crippen LogP contribution in [-0.4, -0.2) is 65.7 Å². The molecule has 6 heteroatoms. The third kappa shape index (κ3) is 3.22. The number of H-pyrrole nitrogens is 1. The van der Waals surface area contributed by atoms with Crippen LogP contribution >= 0.6 is 0 Å². The normalized spacial score (nSPS) is 23.1. The van der Waals surface area contributed by atoms with Crippen LogP contribution in [0.5, 0.6) is 0 Å². The first-order valence-corrected chi connectivity index (χ1v) is 8.84. The zero-order valence-electron chi connectivity index (χ0n) is 13.9. The predicted molar refractivity (Wildman–Crippen MR) is 93.2 cm³/mol. The second-order valence-electron chi connectivity index (χ2n) is 6.62. The van der Waals surface area contributed by atoms with Crippen LogP contribution in [0.1, 0.15) is 24.7 Å². The third-order valence-electron chi connectivity index (χ3n) is 5.12. The maximum atomic E-state index is 12.3. The molecule has 1 aromatic heterocycles. The van der Waals surface area contributed by atoms with Crippen molar-refractivity contribution in [1.29, 1.82) is 0 Å². The SMILES string of the molecule is O=c1[nH]c(C2CCCN2CCN2CCOCC2)nc2ccccc12. The van der Waals surface area contributed by atoms with E-state index in [9.17, 15) is 4.79 Å². The molecule has 4 rings (SSSR count). The quantitative estimate of drug-likeness (QED) is 0.919. The standard InChI is InChI=1S/C18H24N4O2/c23-18-14-4-1-2-5-15(14)19-17(20-18)16-6-3-7-22(16)9-8-21-10-12-24-13-11-21/h1-2,4-5,16H,3,6-13H2,(H,19,20,23). The van der Waals surface area contributed by atoms with E-state index >= 15 is 0 Å². The van der Waals surface area contributed by atoms with Gasteiger partial charge in [-0.05, 0) is 31.5 Å². The van der Waals surface area contributed by atoms with Crippen LogP contribution in [0.2, 0.25) is 0 Å². The van der Waals surface area contributed by atoms with Gasteiger partial charge in [-0.3, -0.25) is 14.6 Å². The van der Waals surface area contributed by atoms with Gasteiger partial charge in [0.25, 0.3) is 5.56 Å². The van der Waals surface area contributed by atoms with Gasteiger partial charge in [-0.15, -0.1) is 0 Å². The highest BCUT2D eigenvalue weighted by Crippen LogP contribution is 2.29. The number of aromatic amines is 1. The van der Waals surface area contributed by atoms with Crippen molar-refractivity contribution in [2.75, 3.05) is 45.9 Å². The lowest BCUT2D eigenvalue weighted by Crippen LogP contribution is -2.41. The average Bonchev–Trinajstić information content (AvgIpc) is 3.09. The van der Waals surface area contributed by atoms with Crippen LogP contribution in [0.4, 0.5) is 0 Å². The summed E-state index contributed by atoms with van der Waals surface area (Å²) in [5, 5.41) is 0.666. The Balaban J connectivity index is 1.51. The molecule has 1 unspecified atom stereocenters. The number of likely N-dealkylation sites (tertiary alicyclic amines) is 1. The average molecular weight is 328 g/mol. The van der Waals surface area contributed by atoms with E-state index in [4.69, 9.17) is 9.72 Å². The summed E-state index contributed by atoms with van der Waals surface area (Å²) >= 11 is 0. The minimum Gasteiger partial charge on any atom is -0.379 e. The summed E-state index contributed by atoms with van der Waals surface area (Å²) < 4.78 is 5.41. The second kappa shape index (κ2) is 7.01. The minimum absolute atomic E-state index is 0.0318. The Kier molecular flexibility index (Phi) is 4.60. The monoisotopic (exact) mass is 328 g/mol. The zero-order valence-corrected chi connectivity index (χ0v) is 13.9. The smallest absolute Gasteiger partial charge is 0.258 e. The molecule has 0 saturated carbocycles. The molecular formula is C18H24N4O2. The second-order valence-corrected chi connectivity index (χ2v) is 6.62. The number of aromatic nitrogens is 2. The molecule has 2 aliphatic heterocycles. The lowest BCUT2D eigenvalue weighted by molar-refractivity contribution is 0.0325. The number of nitrogens with zero attached hydrogens (tertiary/aromatic N) is 3. The summed E-state index contributed by atoms with van der Waals surface area (Å²) in [7, 11) is 0. The Morgan fingerprint density at radius 3 is 2.88 bits per heavy atom. The van der Waals surface area contributed by atoms with Gasteiger partial charge < -0.3 is 9.72 Å². The maximum absolute atomic E-state index is 12.3. The molecule has 2 aromatic rings. The van der Waals surface area contributed by atoms with Gasteiger partial charge in [0, 0.05) is 26.2 Å². The van der Waals surface area contributed by atoms with Crippen LogP contribution in [0.25, 0.3) is 10.9 Å². The molecule has 0 spiro atoms. The summed E-state index contributed by atoms with van der Waals surface area (Å²) in [5.41, 5.74) is 0.756. The van der Waals surface area contributed by atoms with Gasteiger partial charge in [-0.25, -0.2) is 4.98 Å². The summed E-state index contributed by atoms with van der Waals surface area (Å²) in [6.07, 6.45) is 2.22. The molecule has 1 aromatic carbocycles. The number of rotatable bonds is 4. The number of fused-ring (bicyclic) bond motifs is 1. The molecule has 24 heavy (non-hydrogen) atoms. The highest BCUT2D eigenvalue weighted by molar-refractivity contribution is 5.77. The first-order chi connectivity index (χ1) is 11.8. The van der Waals surface area contributed by atoms with Crippen molar-refractivity contribution in [3.63, 3.8) is 0 Å². The molecule has 0 aliphatic carbocycles. The van der Waals surface area contributed by atoms with Gasteiger partial charge in [0.05, 0.1) is 30.2 Å². The zero-order chi connectivity index (χ0) is 16.4. The number of hydrogen-bond acceptors (Lipinski definition) is 5.